The summed E-state index contributed by atoms with van der Waals surface area (Å²) in [7, 11) is 0. The molecule has 3 N–H and O–H groups in total. The maximum Gasteiger partial charge on any atom is 0.326 e. The van der Waals surface area contributed by atoms with Crippen LogP contribution in [-0.4, -0.2) is 40.0 Å². The van der Waals surface area contributed by atoms with E-state index >= 15 is 0 Å². The number of aliphatic carboxylic acids is 1. The Bertz CT molecular complexity index is 582. The van der Waals surface area contributed by atoms with Gasteiger partial charge in [0, 0.05) is 12.8 Å². The molecule has 0 saturated heterocycles. The molecule has 0 radical (unpaired) electrons. The van der Waals surface area contributed by atoms with Crippen molar-refractivity contribution in [3.63, 3.8) is 0 Å². The quantitative estimate of drug-likeness (QED) is 0.211. The number of aliphatic hydroxyl groups is 1. The van der Waals surface area contributed by atoms with Crippen molar-refractivity contribution < 1.29 is 24.6 Å². The molecular weight excluding hydrogens is 394 g/mol. The van der Waals surface area contributed by atoms with Gasteiger partial charge in [-0.1, -0.05) is 84.1 Å². The predicted octanol–water partition coefficient (Wildman–Crippen LogP) is 4.81. The highest BCUT2D eigenvalue weighted by Gasteiger charge is 2.24. The van der Waals surface area contributed by atoms with Gasteiger partial charge in [0.15, 0.2) is 5.78 Å². The lowest BCUT2D eigenvalue weighted by atomic mass is 9.99. The van der Waals surface area contributed by atoms with Crippen LogP contribution in [0, 0.1) is 11.8 Å². The summed E-state index contributed by atoms with van der Waals surface area (Å²) >= 11 is 0. The second-order valence-electron chi connectivity index (χ2n) is 8.64. The van der Waals surface area contributed by atoms with Gasteiger partial charge in [0.1, 0.15) is 12.1 Å². The van der Waals surface area contributed by atoms with Crippen molar-refractivity contribution in [2.24, 2.45) is 11.8 Å². The number of carbonyl (C=O) groups excluding carboxylic acids is 2. The standard InChI is InChI=1S/C25H43NO5/c1-5-20(4)24(25(30)31)26-23(29)18-14-8-6-7-12-16-21(27)22(28)17-13-10-9-11-15-19(2)3/h10-11,13,15,19-21,24,27H,5-9,12,14,16-18H2,1-4H3,(H,26,29)(H,30,31)/b13-10-,15-11-/t20-,21?,24-/m0/s1. The van der Waals surface area contributed by atoms with Gasteiger partial charge in [0.25, 0.3) is 0 Å². The molecule has 31 heavy (non-hydrogen) atoms. The Labute approximate surface area is 188 Å². The van der Waals surface area contributed by atoms with Gasteiger partial charge in [-0.2, -0.15) is 0 Å². The molecule has 0 aromatic carbocycles. The number of Topliss-reactive ketones (excluding diaryl/α,β-unsaturated/α-hetero) is 1. The van der Waals surface area contributed by atoms with Crippen molar-refractivity contribution in [2.45, 2.75) is 104 Å². The molecule has 0 fully saturated rings. The highest BCUT2D eigenvalue weighted by atomic mass is 16.4. The van der Waals surface area contributed by atoms with Crippen LogP contribution in [0.2, 0.25) is 0 Å². The summed E-state index contributed by atoms with van der Waals surface area (Å²) in [6.45, 7) is 7.95. The molecule has 1 amide bonds. The number of allylic oxidation sites excluding steroid dienone is 4. The van der Waals surface area contributed by atoms with Crippen molar-refractivity contribution >= 4 is 17.7 Å². The molecule has 6 heteroatoms. The monoisotopic (exact) mass is 437 g/mol. The Morgan fingerprint density at radius 3 is 2.19 bits per heavy atom. The minimum Gasteiger partial charge on any atom is -0.480 e. The summed E-state index contributed by atoms with van der Waals surface area (Å²) in [6.07, 6.45) is 13.7. The van der Waals surface area contributed by atoms with Gasteiger partial charge >= 0.3 is 5.97 Å². The summed E-state index contributed by atoms with van der Waals surface area (Å²) in [5.41, 5.74) is 0. The van der Waals surface area contributed by atoms with Crippen LogP contribution < -0.4 is 5.32 Å². The van der Waals surface area contributed by atoms with E-state index in [1.165, 1.54) is 0 Å². The minimum atomic E-state index is -0.991. The first-order valence-corrected chi connectivity index (χ1v) is 11.7. The summed E-state index contributed by atoms with van der Waals surface area (Å²) < 4.78 is 0. The summed E-state index contributed by atoms with van der Waals surface area (Å²) in [6, 6.07) is -0.831. The normalized spacial score (nSPS) is 14.8. The zero-order valence-electron chi connectivity index (χ0n) is 19.8. The average molecular weight is 438 g/mol. The van der Waals surface area contributed by atoms with Crippen LogP contribution in [0.1, 0.15) is 91.9 Å². The third-order valence-corrected chi connectivity index (χ3v) is 5.33. The van der Waals surface area contributed by atoms with Crippen molar-refractivity contribution in [3.8, 4) is 0 Å². The number of rotatable bonds is 18. The van der Waals surface area contributed by atoms with E-state index in [1.54, 1.807) is 0 Å². The first-order valence-electron chi connectivity index (χ1n) is 11.7. The number of ketones is 1. The molecule has 0 bridgehead atoms. The average Bonchev–Trinajstić information content (AvgIpc) is 2.72. The van der Waals surface area contributed by atoms with E-state index in [0.717, 1.165) is 32.1 Å². The molecule has 0 aromatic rings. The molecule has 178 valence electrons. The van der Waals surface area contributed by atoms with E-state index in [4.69, 9.17) is 0 Å². The Morgan fingerprint density at radius 2 is 1.58 bits per heavy atom. The third-order valence-electron chi connectivity index (χ3n) is 5.33. The Balaban J connectivity index is 3.85. The van der Waals surface area contributed by atoms with Gasteiger partial charge in [0.05, 0.1) is 0 Å². The van der Waals surface area contributed by atoms with Crippen molar-refractivity contribution in [1.82, 2.24) is 5.32 Å². The zero-order valence-corrected chi connectivity index (χ0v) is 19.8. The summed E-state index contributed by atoms with van der Waals surface area (Å²) in [5, 5.41) is 21.8. The highest BCUT2D eigenvalue weighted by molar-refractivity contribution is 5.84. The van der Waals surface area contributed by atoms with Crippen LogP contribution in [0.3, 0.4) is 0 Å². The number of nitrogens with one attached hydrogen (secondary N) is 1. The fourth-order valence-electron chi connectivity index (χ4n) is 3.10. The predicted molar refractivity (Wildman–Crippen MR) is 125 cm³/mol. The van der Waals surface area contributed by atoms with Crippen LogP contribution in [0.4, 0.5) is 0 Å². The van der Waals surface area contributed by atoms with Crippen LogP contribution >= 0.6 is 0 Å². The number of carbonyl (C=O) groups is 3. The fourth-order valence-corrected chi connectivity index (χ4v) is 3.10. The number of carboxylic acids is 1. The number of hydrogen-bond donors (Lipinski definition) is 3. The van der Waals surface area contributed by atoms with E-state index in [0.29, 0.717) is 31.6 Å². The van der Waals surface area contributed by atoms with E-state index < -0.39 is 18.1 Å². The van der Waals surface area contributed by atoms with E-state index in [-0.39, 0.29) is 24.0 Å². The van der Waals surface area contributed by atoms with E-state index in [9.17, 15) is 24.6 Å². The fraction of sp³-hybridized carbons (Fsp3) is 0.720. The summed E-state index contributed by atoms with van der Waals surface area (Å²) in [4.78, 5) is 35.1. The van der Waals surface area contributed by atoms with Crippen LogP contribution in [0.25, 0.3) is 0 Å². The lowest BCUT2D eigenvalue weighted by Gasteiger charge is -2.20. The van der Waals surface area contributed by atoms with Crippen molar-refractivity contribution in [1.29, 1.82) is 0 Å². The molecule has 0 aliphatic carbocycles. The highest BCUT2D eigenvalue weighted by Crippen LogP contribution is 2.12. The third kappa shape index (κ3) is 15.5. The van der Waals surface area contributed by atoms with E-state index in [1.807, 2.05) is 26.0 Å². The first-order chi connectivity index (χ1) is 14.7. The van der Waals surface area contributed by atoms with Gasteiger partial charge in [-0.3, -0.25) is 9.59 Å². The maximum absolute atomic E-state index is 12.0. The van der Waals surface area contributed by atoms with Crippen LogP contribution in [0.15, 0.2) is 24.3 Å². The lowest BCUT2D eigenvalue weighted by Crippen LogP contribution is -2.44. The van der Waals surface area contributed by atoms with Crippen LogP contribution in [0.5, 0.6) is 0 Å². The first kappa shape index (κ1) is 29.1. The number of amides is 1. The SMILES string of the molecule is CC[C@H](C)[C@H](NC(=O)CCCCCCCC(O)C(=O)C/C=C\C/C=C\C(C)C)C(=O)O. The number of unbranched alkanes of at least 4 members (excludes halogenated alkanes) is 4. The minimum absolute atomic E-state index is 0.104. The summed E-state index contributed by atoms with van der Waals surface area (Å²) in [5.74, 6) is -0.938. The Hall–Kier alpha value is -1.95. The molecule has 0 rings (SSSR count). The maximum atomic E-state index is 12.0. The second-order valence-corrected chi connectivity index (χ2v) is 8.64. The van der Waals surface area contributed by atoms with Crippen LogP contribution in [-0.2, 0) is 14.4 Å². The molecule has 0 aromatic heterocycles. The Morgan fingerprint density at radius 1 is 0.935 bits per heavy atom. The second kappa shape index (κ2) is 17.7. The molecule has 0 aliphatic rings. The van der Waals surface area contributed by atoms with Gasteiger partial charge in [-0.25, -0.2) is 4.79 Å². The Kier molecular flexibility index (Phi) is 16.6. The smallest absolute Gasteiger partial charge is 0.326 e. The number of aliphatic hydroxyl groups excluding tert-OH is 1. The molecule has 0 heterocycles. The largest absolute Gasteiger partial charge is 0.480 e. The molecule has 0 spiro atoms. The molecule has 1 unspecified atom stereocenters. The van der Waals surface area contributed by atoms with Gasteiger partial charge in [0.2, 0.25) is 5.91 Å². The molecule has 6 nitrogen and oxygen atoms in total. The topological polar surface area (TPSA) is 104 Å². The van der Waals surface area contributed by atoms with Gasteiger partial charge in [-0.05, 0) is 31.1 Å². The molecular formula is C25H43NO5. The van der Waals surface area contributed by atoms with Gasteiger partial charge in [-0.15, -0.1) is 0 Å². The van der Waals surface area contributed by atoms with Gasteiger partial charge < -0.3 is 15.5 Å². The van der Waals surface area contributed by atoms with Crippen molar-refractivity contribution in [2.75, 3.05) is 0 Å². The molecule has 0 saturated carbocycles. The molecule has 0 aliphatic heterocycles. The molecule has 3 atom stereocenters. The van der Waals surface area contributed by atoms with E-state index in [2.05, 4.69) is 31.3 Å². The number of hydrogen-bond acceptors (Lipinski definition) is 4. The van der Waals surface area contributed by atoms with Crippen molar-refractivity contribution in [3.05, 3.63) is 24.3 Å². The number of carboxylic acid groups (broad SMARTS) is 1. The zero-order chi connectivity index (χ0) is 23.6. The lowest BCUT2D eigenvalue weighted by molar-refractivity contribution is -0.143.